The average molecular weight is 536 g/mol. The topological polar surface area (TPSA) is 181 Å². The van der Waals surface area contributed by atoms with Crippen molar-refractivity contribution in [1.82, 2.24) is 36.4 Å². The summed E-state index contributed by atoms with van der Waals surface area (Å²) in [6.45, 7) is 3.98. The highest BCUT2D eigenvalue weighted by molar-refractivity contribution is 5.89. The standard InChI is InChI=1S/C24H41N9O5/c1-32(7-3-6-27-24(36)31-15-5-2-4-14(8-15)16-9-26-13-37-16)10-17-19(34)20(35)23(38-17)33-12-30-18-21(25)28-11-29-22(18)33/h2,4-5,8,16-23,26,28-30,34-35H,3,6-7,9-13,25H2,1H3,(H2,27,31,36)/t16?,17-,18?,19-,20-,21?,22?,23-/m1/s1. The van der Waals surface area contributed by atoms with Gasteiger partial charge in [-0.1, -0.05) is 12.1 Å². The van der Waals surface area contributed by atoms with E-state index in [1.807, 2.05) is 41.1 Å². The van der Waals surface area contributed by atoms with Crippen LogP contribution in [0.15, 0.2) is 24.3 Å². The van der Waals surface area contributed by atoms with Gasteiger partial charge in [-0.2, -0.15) is 0 Å². The molecule has 4 unspecified atom stereocenters. The summed E-state index contributed by atoms with van der Waals surface area (Å²) in [5, 5.41) is 40.2. The van der Waals surface area contributed by atoms with Crippen molar-refractivity contribution in [2.45, 2.75) is 55.4 Å². The molecule has 212 valence electrons. The first-order valence-corrected chi connectivity index (χ1v) is 13.3. The van der Waals surface area contributed by atoms with Crippen molar-refractivity contribution >= 4 is 11.7 Å². The molecule has 4 aliphatic heterocycles. The van der Waals surface area contributed by atoms with Gasteiger partial charge in [0, 0.05) is 32.0 Å². The van der Waals surface area contributed by atoms with E-state index >= 15 is 0 Å². The van der Waals surface area contributed by atoms with E-state index in [0.717, 1.165) is 18.5 Å². The summed E-state index contributed by atoms with van der Waals surface area (Å²) < 4.78 is 11.8. The second-order valence-corrected chi connectivity index (χ2v) is 10.4. The normalized spacial score (nSPS) is 35.5. The number of benzene rings is 1. The molecule has 14 nitrogen and oxygen atoms in total. The summed E-state index contributed by atoms with van der Waals surface area (Å²) in [7, 11) is 1.93. The number of likely N-dealkylation sites (N-methyl/N-ethyl adjacent to an activating group) is 1. The van der Waals surface area contributed by atoms with Crippen LogP contribution in [-0.2, 0) is 9.47 Å². The first-order valence-electron chi connectivity index (χ1n) is 13.3. The van der Waals surface area contributed by atoms with E-state index in [-0.39, 0.29) is 30.5 Å². The summed E-state index contributed by atoms with van der Waals surface area (Å²) in [5.41, 5.74) is 7.88. The van der Waals surface area contributed by atoms with Crippen LogP contribution in [-0.4, -0.2) is 122 Å². The fourth-order valence-corrected chi connectivity index (χ4v) is 5.57. The highest BCUT2D eigenvalue weighted by Gasteiger charge is 2.51. The lowest BCUT2D eigenvalue weighted by Crippen LogP contribution is -2.68. The van der Waals surface area contributed by atoms with E-state index in [9.17, 15) is 15.0 Å². The molecular formula is C24H41N9O5. The molecule has 1 aromatic carbocycles. The van der Waals surface area contributed by atoms with Crippen molar-refractivity contribution < 1.29 is 24.5 Å². The third kappa shape index (κ3) is 6.26. The quantitative estimate of drug-likeness (QED) is 0.148. The lowest BCUT2D eigenvalue weighted by Gasteiger charge is -2.38. The molecule has 4 heterocycles. The molecule has 0 aromatic heterocycles. The van der Waals surface area contributed by atoms with E-state index in [4.69, 9.17) is 15.2 Å². The van der Waals surface area contributed by atoms with Crippen LogP contribution in [0.25, 0.3) is 0 Å². The molecule has 0 bridgehead atoms. The predicted octanol–water partition coefficient (Wildman–Crippen LogP) is -2.81. The van der Waals surface area contributed by atoms with Gasteiger partial charge in [0.2, 0.25) is 0 Å². The first kappa shape index (κ1) is 27.6. The number of nitrogens with zero attached hydrogens (tertiary/aromatic N) is 2. The molecule has 4 saturated heterocycles. The van der Waals surface area contributed by atoms with Gasteiger partial charge < -0.3 is 41.0 Å². The number of nitrogens with two attached hydrogens (primary N) is 1. The first-order chi connectivity index (χ1) is 18.4. The zero-order valence-electron chi connectivity index (χ0n) is 21.7. The molecule has 4 aliphatic rings. The van der Waals surface area contributed by atoms with E-state index < -0.39 is 24.5 Å². The van der Waals surface area contributed by atoms with Crippen molar-refractivity contribution in [3.05, 3.63) is 29.8 Å². The Morgan fingerprint density at radius 3 is 2.95 bits per heavy atom. The predicted molar refractivity (Wildman–Crippen MR) is 139 cm³/mol. The molecule has 1 aromatic rings. The Morgan fingerprint density at radius 1 is 1.26 bits per heavy atom. The van der Waals surface area contributed by atoms with Crippen LogP contribution in [0.3, 0.4) is 0 Å². The molecule has 10 N–H and O–H groups in total. The van der Waals surface area contributed by atoms with E-state index in [2.05, 4.69) is 31.9 Å². The van der Waals surface area contributed by atoms with Gasteiger partial charge in [0.25, 0.3) is 0 Å². The van der Waals surface area contributed by atoms with Gasteiger partial charge in [0.15, 0.2) is 0 Å². The minimum atomic E-state index is -1.03. The number of aliphatic hydroxyl groups is 2. The number of carbonyl (C=O) groups excluding carboxylic acids is 1. The summed E-state index contributed by atoms with van der Waals surface area (Å²) in [5.74, 6) is 0. The van der Waals surface area contributed by atoms with Gasteiger partial charge >= 0.3 is 6.03 Å². The maximum absolute atomic E-state index is 12.3. The fraction of sp³-hybridized carbons (Fsp3) is 0.708. The zero-order chi connectivity index (χ0) is 26.6. The van der Waals surface area contributed by atoms with Crippen LogP contribution in [0.1, 0.15) is 18.1 Å². The number of carbonyl (C=O) groups is 1. The third-order valence-electron chi connectivity index (χ3n) is 7.63. The molecule has 14 heteroatoms. The number of ether oxygens (including phenoxy) is 2. The van der Waals surface area contributed by atoms with Gasteiger partial charge in [-0.05, 0) is 37.7 Å². The van der Waals surface area contributed by atoms with Crippen molar-refractivity contribution in [3.63, 3.8) is 0 Å². The zero-order valence-corrected chi connectivity index (χ0v) is 21.7. The molecule has 4 fully saturated rings. The number of hydrogen-bond acceptors (Lipinski definition) is 12. The molecule has 8 atom stereocenters. The Labute approximate surface area is 222 Å². The maximum Gasteiger partial charge on any atom is 0.319 e. The Bertz CT molecular complexity index is 938. The lowest BCUT2D eigenvalue weighted by atomic mass is 10.1. The highest BCUT2D eigenvalue weighted by atomic mass is 16.6. The third-order valence-corrected chi connectivity index (χ3v) is 7.63. The van der Waals surface area contributed by atoms with Crippen LogP contribution >= 0.6 is 0 Å². The van der Waals surface area contributed by atoms with Gasteiger partial charge in [0.1, 0.15) is 24.5 Å². The van der Waals surface area contributed by atoms with E-state index in [0.29, 0.717) is 45.4 Å². The fourth-order valence-electron chi connectivity index (χ4n) is 5.57. The number of amides is 2. The lowest BCUT2D eigenvalue weighted by molar-refractivity contribution is -0.106. The Balaban J connectivity index is 1.02. The maximum atomic E-state index is 12.3. The minimum Gasteiger partial charge on any atom is -0.387 e. The van der Waals surface area contributed by atoms with Crippen LogP contribution in [0.4, 0.5) is 10.5 Å². The van der Waals surface area contributed by atoms with Crippen LogP contribution in [0, 0.1) is 0 Å². The minimum absolute atomic E-state index is 0.00225. The Hall–Kier alpha value is -1.95. The summed E-state index contributed by atoms with van der Waals surface area (Å²) in [6, 6.07) is 7.38. The van der Waals surface area contributed by atoms with Gasteiger partial charge in [-0.25, -0.2) is 9.69 Å². The van der Waals surface area contributed by atoms with Gasteiger partial charge in [-0.3, -0.25) is 21.3 Å². The Morgan fingerprint density at radius 2 is 2.13 bits per heavy atom. The number of anilines is 1. The molecule has 0 saturated carbocycles. The molecule has 0 spiro atoms. The van der Waals surface area contributed by atoms with Gasteiger partial charge in [-0.15, -0.1) is 0 Å². The van der Waals surface area contributed by atoms with Crippen LogP contribution < -0.4 is 37.6 Å². The molecule has 0 radical (unpaired) electrons. The molecule has 0 aliphatic carbocycles. The number of aliphatic hydroxyl groups excluding tert-OH is 2. The van der Waals surface area contributed by atoms with Crippen LogP contribution in [0.5, 0.6) is 0 Å². The number of rotatable bonds is 9. The van der Waals surface area contributed by atoms with Crippen LogP contribution in [0.2, 0.25) is 0 Å². The summed E-state index contributed by atoms with van der Waals surface area (Å²) in [4.78, 5) is 16.4. The number of urea groups is 1. The summed E-state index contributed by atoms with van der Waals surface area (Å²) in [6.07, 6.45) is -2.78. The van der Waals surface area contributed by atoms with Crippen molar-refractivity contribution in [3.8, 4) is 0 Å². The number of fused-ring (bicyclic) bond motifs is 1. The second kappa shape index (κ2) is 12.5. The van der Waals surface area contributed by atoms with E-state index in [1.54, 1.807) is 0 Å². The monoisotopic (exact) mass is 535 g/mol. The van der Waals surface area contributed by atoms with Crippen molar-refractivity contribution in [1.29, 1.82) is 0 Å². The number of nitrogens with one attached hydrogen (secondary N) is 6. The smallest absolute Gasteiger partial charge is 0.319 e. The Kier molecular flexibility index (Phi) is 9.07. The van der Waals surface area contributed by atoms with Crippen molar-refractivity contribution in [2.75, 3.05) is 58.6 Å². The summed E-state index contributed by atoms with van der Waals surface area (Å²) >= 11 is 0. The average Bonchev–Trinajstić information content (AvgIpc) is 3.64. The molecule has 2 amide bonds. The molecular weight excluding hydrogens is 494 g/mol. The largest absolute Gasteiger partial charge is 0.387 e. The SMILES string of the molecule is CN(CCCNC(=O)Nc1cccc(C2CNCO2)c1)C[C@H]1O[C@@H](N2CNC3C(N)NCNC32)[C@H](O)[C@@H]1O. The number of hydrogen-bond donors (Lipinski definition) is 9. The highest BCUT2D eigenvalue weighted by Crippen LogP contribution is 2.29. The molecule has 5 rings (SSSR count). The van der Waals surface area contributed by atoms with Gasteiger partial charge in [0.05, 0.1) is 37.9 Å². The molecule has 38 heavy (non-hydrogen) atoms. The van der Waals surface area contributed by atoms with E-state index in [1.165, 1.54) is 0 Å². The van der Waals surface area contributed by atoms with Crippen molar-refractivity contribution in [2.24, 2.45) is 5.73 Å². The second-order valence-electron chi connectivity index (χ2n) is 10.4.